The van der Waals surface area contributed by atoms with Gasteiger partial charge in [-0.2, -0.15) is 0 Å². The first-order valence-corrected chi connectivity index (χ1v) is 7.32. The Balaban J connectivity index is 2.22. The number of amides is 2. The Morgan fingerprint density at radius 2 is 1.68 bits per heavy atom. The van der Waals surface area contributed by atoms with E-state index < -0.39 is 0 Å². The maximum atomic E-state index is 12.7. The summed E-state index contributed by atoms with van der Waals surface area (Å²) in [4.78, 5) is 14.4. The molecule has 0 aliphatic rings. The smallest absolute Gasteiger partial charge is 0.326 e. The molecule has 0 fully saturated rings. The zero-order valence-corrected chi connectivity index (χ0v) is 13.3. The van der Waals surface area contributed by atoms with Crippen LogP contribution in [-0.2, 0) is 4.74 Å². The summed E-state index contributed by atoms with van der Waals surface area (Å²) in [5.74, 6) is 0. The van der Waals surface area contributed by atoms with Crippen LogP contribution in [0.15, 0.2) is 48.5 Å². The van der Waals surface area contributed by atoms with Crippen molar-refractivity contribution in [1.82, 2.24) is 0 Å². The molecule has 0 aliphatic carbocycles. The molecule has 2 aromatic carbocycles. The second-order valence-electron chi connectivity index (χ2n) is 5.18. The molecule has 0 spiro atoms. The summed E-state index contributed by atoms with van der Waals surface area (Å²) in [6.07, 6.45) is 0. The van der Waals surface area contributed by atoms with Crippen molar-refractivity contribution in [3.8, 4) is 0 Å². The predicted octanol–water partition coefficient (Wildman–Crippen LogP) is 3.99. The molecule has 0 aliphatic heterocycles. The molecule has 116 valence electrons. The third-order valence-electron chi connectivity index (χ3n) is 3.55. The minimum Gasteiger partial charge on any atom is -0.383 e. The third kappa shape index (κ3) is 3.86. The minimum atomic E-state index is -0.152. The first-order valence-electron chi connectivity index (χ1n) is 7.32. The van der Waals surface area contributed by atoms with Crippen molar-refractivity contribution < 1.29 is 9.53 Å². The fourth-order valence-corrected chi connectivity index (χ4v) is 2.32. The lowest BCUT2D eigenvalue weighted by atomic mass is 10.1. The monoisotopic (exact) mass is 298 g/mol. The molecule has 0 radical (unpaired) electrons. The minimum absolute atomic E-state index is 0.152. The van der Waals surface area contributed by atoms with Crippen LogP contribution < -0.4 is 10.2 Å². The van der Waals surface area contributed by atoms with Crippen LogP contribution in [0.3, 0.4) is 0 Å². The maximum Gasteiger partial charge on any atom is 0.326 e. The number of rotatable bonds is 5. The molecule has 0 heterocycles. The van der Waals surface area contributed by atoms with Crippen molar-refractivity contribution in [2.45, 2.75) is 13.8 Å². The first-order chi connectivity index (χ1) is 10.6. The van der Waals surface area contributed by atoms with E-state index in [-0.39, 0.29) is 6.03 Å². The molecule has 1 N–H and O–H groups in total. The highest BCUT2D eigenvalue weighted by atomic mass is 16.5. The average molecular weight is 298 g/mol. The number of aryl methyl sites for hydroxylation is 2. The van der Waals surface area contributed by atoms with Crippen molar-refractivity contribution in [1.29, 1.82) is 0 Å². The molecule has 2 amide bonds. The van der Waals surface area contributed by atoms with Gasteiger partial charge in [0.2, 0.25) is 0 Å². The molecular weight excluding hydrogens is 276 g/mol. The van der Waals surface area contributed by atoms with Gasteiger partial charge in [0.1, 0.15) is 0 Å². The van der Waals surface area contributed by atoms with Gasteiger partial charge in [-0.15, -0.1) is 0 Å². The van der Waals surface area contributed by atoms with Crippen molar-refractivity contribution in [3.63, 3.8) is 0 Å². The Hall–Kier alpha value is -2.33. The molecule has 2 aromatic rings. The number of hydrogen-bond donors (Lipinski definition) is 1. The summed E-state index contributed by atoms with van der Waals surface area (Å²) in [6, 6.07) is 15.4. The highest BCUT2D eigenvalue weighted by Crippen LogP contribution is 2.21. The quantitative estimate of drug-likeness (QED) is 0.907. The van der Waals surface area contributed by atoms with Gasteiger partial charge in [-0.1, -0.05) is 36.4 Å². The number of urea groups is 1. The van der Waals surface area contributed by atoms with Crippen LogP contribution in [0.25, 0.3) is 0 Å². The summed E-state index contributed by atoms with van der Waals surface area (Å²) in [7, 11) is 1.63. The second-order valence-corrected chi connectivity index (χ2v) is 5.18. The molecule has 0 bridgehead atoms. The van der Waals surface area contributed by atoms with Crippen molar-refractivity contribution >= 4 is 17.4 Å². The van der Waals surface area contributed by atoms with E-state index in [9.17, 15) is 4.79 Å². The van der Waals surface area contributed by atoms with Gasteiger partial charge in [0.05, 0.1) is 13.2 Å². The average Bonchev–Trinajstić information content (AvgIpc) is 2.52. The zero-order chi connectivity index (χ0) is 15.9. The Labute approximate surface area is 131 Å². The number of ether oxygens (including phenoxy) is 1. The number of nitrogens with one attached hydrogen (secondary N) is 1. The van der Waals surface area contributed by atoms with Gasteiger partial charge in [0.25, 0.3) is 0 Å². The Kier molecular flexibility index (Phi) is 5.55. The van der Waals surface area contributed by atoms with Gasteiger partial charge in [0.15, 0.2) is 0 Å². The lowest BCUT2D eigenvalue weighted by Gasteiger charge is -2.24. The van der Waals surface area contributed by atoms with E-state index in [4.69, 9.17) is 4.74 Å². The molecule has 2 rings (SSSR count). The van der Waals surface area contributed by atoms with Crippen LogP contribution in [-0.4, -0.2) is 26.3 Å². The maximum absolute atomic E-state index is 12.7. The van der Waals surface area contributed by atoms with Gasteiger partial charge in [-0.05, 0) is 37.1 Å². The van der Waals surface area contributed by atoms with Crippen LogP contribution in [0.1, 0.15) is 11.1 Å². The summed E-state index contributed by atoms with van der Waals surface area (Å²) in [5, 5.41) is 3.02. The van der Waals surface area contributed by atoms with E-state index in [0.29, 0.717) is 13.2 Å². The molecule has 4 nitrogen and oxygen atoms in total. The van der Waals surface area contributed by atoms with E-state index >= 15 is 0 Å². The van der Waals surface area contributed by atoms with E-state index in [1.807, 2.05) is 62.4 Å². The highest BCUT2D eigenvalue weighted by Gasteiger charge is 2.16. The summed E-state index contributed by atoms with van der Waals surface area (Å²) >= 11 is 0. The third-order valence-corrected chi connectivity index (χ3v) is 3.55. The van der Waals surface area contributed by atoms with E-state index in [1.54, 1.807) is 12.0 Å². The molecular formula is C18H22N2O2. The van der Waals surface area contributed by atoms with E-state index in [2.05, 4.69) is 5.32 Å². The molecule has 4 heteroatoms. The summed E-state index contributed by atoms with van der Waals surface area (Å²) < 4.78 is 5.12. The van der Waals surface area contributed by atoms with Crippen LogP contribution in [0.5, 0.6) is 0 Å². The molecule has 0 saturated heterocycles. The van der Waals surface area contributed by atoms with Gasteiger partial charge < -0.3 is 10.1 Å². The van der Waals surface area contributed by atoms with Crippen molar-refractivity contribution in [3.05, 3.63) is 59.7 Å². The SMILES string of the molecule is COCCN(C(=O)Nc1c(C)cccc1C)c1ccccc1. The van der Waals surface area contributed by atoms with Crippen LogP contribution in [0, 0.1) is 13.8 Å². The highest BCUT2D eigenvalue weighted by molar-refractivity contribution is 6.02. The van der Waals surface area contributed by atoms with E-state index in [1.165, 1.54) is 0 Å². The number of hydrogen-bond acceptors (Lipinski definition) is 2. The fourth-order valence-electron chi connectivity index (χ4n) is 2.32. The number of nitrogens with zero attached hydrogens (tertiary/aromatic N) is 1. The molecule has 22 heavy (non-hydrogen) atoms. The number of carbonyl (C=O) groups excluding carboxylic acids is 1. The van der Waals surface area contributed by atoms with Gasteiger partial charge in [-0.25, -0.2) is 4.79 Å². The van der Waals surface area contributed by atoms with Crippen LogP contribution >= 0.6 is 0 Å². The Morgan fingerprint density at radius 1 is 1.05 bits per heavy atom. The second kappa shape index (κ2) is 7.61. The van der Waals surface area contributed by atoms with Crippen LogP contribution in [0.4, 0.5) is 16.2 Å². The van der Waals surface area contributed by atoms with Gasteiger partial charge >= 0.3 is 6.03 Å². The first kappa shape index (κ1) is 16.0. The zero-order valence-electron chi connectivity index (χ0n) is 13.3. The lowest BCUT2D eigenvalue weighted by molar-refractivity contribution is 0.204. The van der Waals surface area contributed by atoms with Gasteiger partial charge in [0, 0.05) is 18.5 Å². The number of para-hydroxylation sites is 2. The van der Waals surface area contributed by atoms with Crippen LogP contribution in [0.2, 0.25) is 0 Å². The number of carbonyl (C=O) groups is 1. The summed E-state index contributed by atoms with van der Waals surface area (Å²) in [5.41, 5.74) is 3.82. The van der Waals surface area contributed by atoms with Crippen molar-refractivity contribution in [2.24, 2.45) is 0 Å². The number of benzene rings is 2. The summed E-state index contributed by atoms with van der Waals surface area (Å²) in [6.45, 7) is 4.96. The normalized spacial score (nSPS) is 10.3. The molecule has 0 unspecified atom stereocenters. The molecule has 0 aromatic heterocycles. The number of anilines is 2. The molecule has 0 saturated carbocycles. The van der Waals surface area contributed by atoms with Gasteiger partial charge in [-0.3, -0.25) is 4.90 Å². The topological polar surface area (TPSA) is 41.6 Å². The Bertz CT molecular complexity index is 606. The standard InChI is InChI=1S/C18H22N2O2/c1-14-8-7-9-15(2)17(14)19-18(21)20(12-13-22-3)16-10-5-4-6-11-16/h4-11H,12-13H2,1-3H3,(H,19,21). The van der Waals surface area contributed by atoms with E-state index in [0.717, 1.165) is 22.5 Å². The lowest BCUT2D eigenvalue weighted by Crippen LogP contribution is -2.37. The fraction of sp³-hybridized carbons (Fsp3) is 0.278. The van der Waals surface area contributed by atoms with Crippen molar-refractivity contribution in [2.75, 3.05) is 30.5 Å². The predicted molar refractivity (Wildman–Crippen MR) is 90.6 cm³/mol. The largest absolute Gasteiger partial charge is 0.383 e. The number of methoxy groups -OCH3 is 1. The Morgan fingerprint density at radius 3 is 2.27 bits per heavy atom. The molecule has 0 atom stereocenters.